The summed E-state index contributed by atoms with van der Waals surface area (Å²) in [5, 5.41) is 32.6. The summed E-state index contributed by atoms with van der Waals surface area (Å²) < 4.78 is 7.08. The van der Waals surface area contributed by atoms with Gasteiger partial charge in [-0.1, -0.05) is 163 Å². The number of rotatable bonds is 31. The van der Waals surface area contributed by atoms with Crippen LogP contribution in [0.2, 0.25) is 0 Å². The molecule has 0 fully saturated rings. The maximum Gasteiger partial charge on any atom is 0.136 e. The van der Waals surface area contributed by atoms with E-state index in [1.165, 1.54) is 112 Å². The third kappa shape index (κ3) is 18.5. The van der Waals surface area contributed by atoms with Crippen LogP contribution < -0.4 is 4.74 Å². The topological polar surface area (TPSA) is 69.9 Å². The maximum absolute atomic E-state index is 10.9. The minimum Gasteiger partial charge on any atom is -0.485 e. The molecule has 4 nitrogen and oxygen atoms in total. The first-order chi connectivity index (χ1) is 25.4. The lowest BCUT2D eigenvalue weighted by Gasteiger charge is -2.38. The molecule has 3 N–H and O–H groups in total. The Morgan fingerprint density at radius 2 is 0.830 bits per heavy atom. The molecule has 1 atom stereocenters. The van der Waals surface area contributed by atoms with E-state index in [9.17, 15) is 15.3 Å². The normalized spacial score (nSPS) is 12.9. The molecule has 0 bridgehead atoms. The molecule has 2 aromatic rings. The van der Waals surface area contributed by atoms with Crippen LogP contribution in [0.5, 0.6) is 5.75 Å². The lowest BCUT2D eigenvalue weighted by Crippen LogP contribution is -2.43. The van der Waals surface area contributed by atoms with E-state index in [2.05, 4.69) is 91.8 Å². The molecule has 0 aliphatic carbocycles. The Hall–Kier alpha value is -1.88. The van der Waals surface area contributed by atoms with Crippen LogP contribution in [0.4, 0.5) is 0 Å². The van der Waals surface area contributed by atoms with Gasteiger partial charge in [0.05, 0.1) is 25.2 Å². The summed E-state index contributed by atoms with van der Waals surface area (Å²) in [7, 11) is 0. The van der Waals surface area contributed by atoms with Gasteiger partial charge in [0.15, 0.2) is 0 Å². The third-order valence-corrected chi connectivity index (χ3v) is 11.3. The number of aryl methyl sites for hydroxylation is 4. The largest absolute Gasteiger partial charge is 0.485 e. The number of unbranched alkanes of at least 4 members (excludes halogenated alkanes) is 8. The second kappa shape index (κ2) is 26.8. The Morgan fingerprint density at radius 3 is 1.25 bits per heavy atom. The molecule has 2 rings (SSSR count). The van der Waals surface area contributed by atoms with E-state index in [0.717, 1.165) is 67.6 Å². The molecular formula is C49H84O4. The van der Waals surface area contributed by atoms with Crippen molar-refractivity contribution in [2.24, 2.45) is 29.1 Å². The highest BCUT2D eigenvalue weighted by atomic mass is 16.5. The quantitative estimate of drug-likeness (QED) is 0.0674. The summed E-state index contributed by atoms with van der Waals surface area (Å²) in [6, 6.07) is 13.5. The first-order valence-electron chi connectivity index (χ1n) is 22.2. The van der Waals surface area contributed by atoms with Gasteiger partial charge in [0.1, 0.15) is 11.9 Å². The molecule has 0 heterocycles. The van der Waals surface area contributed by atoms with E-state index in [1.54, 1.807) is 0 Å². The summed E-state index contributed by atoms with van der Waals surface area (Å²) in [4.78, 5) is 0. The Bertz CT molecular complexity index is 1200. The zero-order valence-electron chi connectivity index (χ0n) is 35.9. The predicted molar refractivity (Wildman–Crippen MR) is 228 cm³/mol. The monoisotopic (exact) mass is 737 g/mol. The molecule has 0 saturated heterocycles. The standard InChI is InChI=1S/C49H84O4/c1-38(2)21-13-9-17-25-42-29-31-46(44(33-42)27-19-11-15-23-40(5)6)48(49(35-50,36-51)37-52)53-47-32-30-43(26-18-10-14-22-39(3)4)34-45(47)28-20-12-16-24-41(7)8/h29-34,38-41,48,50-52H,9-28,35-37H2,1-8H3. The molecule has 0 amide bonds. The third-order valence-electron chi connectivity index (χ3n) is 11.3. The van der Waals surface area contributed by atoms with Crippen LogP contribution >= 0.6 is 0 Å². The molecule has 0 radical (unpaired) electrons. The summed E-state index contributed by atoms with van der Waals surface area (Å²) in [6.45, 7) is 17.3. The van der Waals surface area contributed by atoms with Gasteiger partial charge in [-0.15, -0.1) is 0 Å². The highest BCUT2D eigenvalue weighted by Crippen LogP contribution is 2.41. The van der Waals surface area contributed by atoms with Gasteiger partial charge in [-0.05, 0) is 109 Å². The molecule has 0 aliphatic heterocycles. The second-order valence-corrected chi connectivity index (χ2v) is 18.3. The van der Waals surface area contributed by atoms with Crippen molar-refractivity contribution in [1.82, 2.24) is 0 Å². The van der Waals surface area contributed by atoms with Gasteiger partial charge < -0.3 is 20.1 Å². The van der Waals surface area contributed by atoms with Crippen LogP contribution in [0, 0.1) is 29.1 Å². The lowest BCUT2D eigenvalue weighted by atomic mass is 9.78. The second-order valence-electron chi connectivity index (χ2n) is 18.3. The molecule has 304 valence electrons. The molecule has 0 saturated carbocycles. The zero-order chi connectivity index (χ0) is 39.1. The highest BCUT2D eigenvalue weighted by molar-refractivity contribution is 5.41. The van der Waals surface area contributed by atoms with E-state index in [1.807, 2.05) is 0 Å². The van der Waals surface area contributed by atoms with Gasteiger partial charge in [0.25, 0.3) is 0 Å². The smallest absolute Gasteiger partial charge is 0.136 e. The van der Waals surface area contributed by atoms with Gasteiger partial charge in [-0.3, -0.25) is 0 Å². The Kier molecular flexibility index (Phi) is 23.9. The van der Waals surface area contributed by atoms with Gasteiger partial charge in [0.2, 0.25) is 0 Å². The molecule has 0 spiro atoms. The molecular weight excluding hydrogens is 653 g/mol. The average Bonchev–Trinajstić information content (AvgIpc) is 3.12. The summed E-state index contributed by atoms with van der Waals surface area (Å²) in [5.74, 6) is 3.76. The molecule has 53 heavy (non-hydrogen) atoms. The minimum absolute atomic E-state index is 0.366. The number of hydrogen-bond donors (Lipinski definition) is 3. The summed E-state index contributed by atoms with van der Waals surface area (Å²) >= 11 is 0. The minimum atomic E-state index is -1.23. The zero-order valence-corrected chi connectivity index (χ0v) is 35.9. The summed E-state index contributed by atoms with van der Waals surface area (Å²) in [6.07, 6.45) is 22.8. The van der Waals surface area contributed by atoms with Crippen molar-refractivity contribution in [2.75, 3.05) is 19.8 Å². The molecule has 0 aromatic heterocycles. The van der Waals surface area contributed by atoms with E-state index in [-0.39, 0.29) is 19.8 Å². The predicted octanol–water partition coefficient (Wildman–Crippen LogP) is 12.8. The summed E-state index contributed by atoms with van der Waals surface area (Å²) in [5.41, 5.74) is 4.90. The first kappa shape index (κ1) is 47.3. The van der Waals surface area contributed by atoms with Crippen molar-refractivity contribution < 1.29 is 20.1 Å². The van der Waals surface area contributed by atoms with Crippen LogP contribution in [-0.4, -0.2) is 35.1 Å². The Morgan fingerprint density at radius 1 is 0.453 bits per heavy atom. The van der Waals surface area contributed by atoms with E-state index in [4.69, 9.17) is 4.74 Å². The van der Waals surface area contributed by atoms with Crippen LogP contribution in [0.15, 0.2) is 36.4 Å². The van der Waals surface area contributed by atoms with Crippen molar-refractivity contribution >= 4 is 0 Å². The Labute approximate surface area is 327 Å². The van der Waals surface area contributed by atoms with Crippen molar-refractivity contribution in [1.29, 1.82) is 0 Å². The number of aliphatic hydroxyl groups excluding tert-OH is 3. The molecule has 1 unspecified atom stereocenters. The number of benzene rings is 2. The van der Waals surface area contributed by atoms with Gasteiger partial charge >= 0.3 is 0 Å². The fourth-order valence-electron chi connectivity index (χ4n) is 7.64. The van der Waals surface area contributed by atoms with Crippen molar-refractivity contribution in [2.45, 2.75) is 190 Å². The van der Waals surface area contributed by atoms with Gasteiger partial charge in [0, 0.05) is 0 Å². The van der Waals surface area contributed by atoms with Crippen molar-refractivity contribution in [3.05, 3.63) is 64.2 Å². The van der Waals surface area contributed by atoms with Crippen LogP contribution in [0.1, 0.15) is 192 Å². The van der Waals surface area contributed by atoms with E-state index in [0.29, 0.717) is 5.92 Å². The number of ether oxygens (including phenoxy) is 1. The number of aliphatic hydroxyl groups is 3. The fourth-order valence-corrected chi connectivity index (χ4v) is 7.64. The number of hydrogen-bond acceptors (Lipinski definition) is 4. The van der Waals surface area contributed by atoms with Crippen molar-refractivity contribution in [3.8, 4) is 5.75 Å². The van der Waals surface area contributed by atoms with Crippen LogP contribution in [0.3, 0.4) is 0 Å². The van der Waals surface area contributed by atoms with Gasteiger partial charge in [-0.25, -0.2) is 0 Å². The van der Waals surface area contributed by atoms with Crippen LogP contribution in [-0.2, 0) is 25.7 Å². The van der Waals surface area contributed by atoms with E-state index < -0.39 is 11.5 Å². The Balaban J connectivity index is 2.49. The lowest BCUT2D eigenvalue weighted by molar-refractivity contribution is -0.0748. The highest BCUT2D eigenvalue weighted by Gasteiger charge is 2.42. The average molecular weight is 737 g/mol. The molecule has 4 heteroatoms. The van der Waals surface area contributed by atoms with E-state index >= 15 is 0 Å². The maximum atomic E-state index is 10.9. The first-order valence-corrected chi connectivity index (χ1v) is 22.2. The van der Waals surface area contributed by atoms with Crippen LogP contribution in [0.25, 0.3) is 0 Å². The van der Waals surface area contributed by atoms with Crippen molar-refractivity contribution in [3.63, 3.8) is 0 Å². The molecule has 2 aromatic carbocycles. The van der Waals surface area contributed by atoms with Gasteiger partial charge in [-0.2, -0.15) is 0 Å². The molecule has 0 aliphatic rings. The SMILES string of the molecule is CC(C)CCCCCc1ccc(OC(c2ccc(CCCCCC(C)C)cc2CCCCCC(C)C)C(CO)(CO)CO)c(CCCCCC(C)C)c1. The fraction of sp³-hybridized carbons (Fsp3) is 0.755.